The van der Waals surface area contributed by atoms with Crippen LogP contribution in [0.4, 0.5) is 5.69 Å². The zero-order valence-corrected chi connectivity index (χ0v) is 13.7. The molecule has 2 N–H and O–H groups in total. The smallest absolute Gasteiger partial charge is 0.227 e. The molecule has 0 unspecified atom stereocenters. The van der Waals surface area contributed by atoms with Gasteiger partial charge in [-0.1, -0.05) is 0 Å². The van der Waals surface area contributed by atoms with Gasteiger partial charge in [-0.25, -0.2) is 0 Å². The molecule has 1 fully saturated rings. The van der Waals surface area contributed by atoms with Crippen LogP contribution >= 0.6 is 0 Å². The Balaban J connectivity index is 1.61. The summed E-state index contributed by atoms with van der Waals surface area (Å²) in [4.78, 5) is 26.1. The van der Waals surface area contributed by atoms with Gasteiger partial charge < -0.3 is 15.3 Å². The monoisotopic (exact) mass is 328 g/mol. The highest BCUT2D eigenvalue weighted by Crippen LogP contribution is 2.26. The van der Waals surface area contributed by atoms with Crippen LogP contribution in [0.3, 0.4) is 0 Å². The molecule has 2 aromatic rings. The number of phenolic OH excluding ortho intramolecular Hbond substituents is 1. The van der Waals surface area contributed by atoms with Crippen LogP contribution in [-0.2, 0) is 23.2 Å². The molecule has 3 rings (SSSR count). The minimum Gasteiger partial charge on any atom is -0.508 e. The third kappa shape index (κ3) is 3.24. The molecule has 1 aliphatic heterocycles. The lowest BCUT2D eigenvalue weighted by atomic mass is 10.1. The first-order valence-electron chi connectivity index (χ1n) is 7.80. The predicted octanol–water partition coefficient (Wildman–Crippen LogP) is 1.10. The second-order valence-corrected chi connectivity index (χ2v) is 6.04. The summed E-state index contributed by atoms with van der Waals surface area (Å²) in [5, 5.41) is 16.5. The molecule has 1 aromatic heterocycles. The number of aryl methyl sites for hydroxylation is 2. The number of amides is 2. The number of rotatable bonds is 4. The summed E-state index contributed by atoms with van der Waals surface area (Å²) in [6.45, 7) is 2.64. The lowest BCUT2D eigenvalue weighted by Gasteiger charge is -2.16. The zero-order valence-electron chi connectivity index (χ0n) is 13.7. The van der Waals surface area contributed by atoms with Crippen molar-refractivity contribution < 1.29 is 14.7 Å². The fourth-order valence-electron chi connectivity index (χ4n) is 2.92. The Morgan fingerprint density at radius 2 is 2.08 bits per heavy atom. The molecule has 24 heavy (non-hydrogen) atoms. The van der Waals surface area contributed by atoms with E-state index in [0.29, 0.717) is 18.8 Å². The number of nitrogens with zero attached hydrogens (tertiary/aromatic N) is 3. The van der Waals surface area contributed by atoms with E-state index in [4.69, 9.17) is 0 Å². The molecule has 2 amide bonds. The van der Waals surface area contributed by atoms with Crippen LogP contribution < -0.4 is 10.2 Å². The Morgan fingerprint density at radius 3 is 2.71 bits per heavy atom. The highest BCUT2D eigenvalue weighted by Gasteiger charge is 2.35. The van der Waals surface area contributed by atoms with E-state index in [2.05, 4.69) is 10.4 Å². The number of carbonyl (C=O) groups is 2. The molecule has 0 bridgehead atoms. The minimum absolute atomic E-state index is 0.0859. The van der Waals surface area contributed by atoms with E-state index in [1.165, 1.54) is 12.1 Å². The van der Waals surface area contributed by atoms with Crippen LogP contribution in [0.5, 0.6) is 5.75 Å². The number of benzene rings is 1. The van der Waals surface area contributed by atoms with Crippen molar-refractivity contribution in [3.05, 3.63) is 41.7 Å². The van der Waals surface area contributed by atoms with Crippen molar-refractivity contribution in [3.63, 3.8) is 0 Å². The third-order valence-electron chi connectivity index (χ3n) is 4.20. The summed E-state index contributed by atoms with van der Waals surface area (Å²) in [7, 11) is 1.83. The lowest BCUT2D eigenvalue weighted by molar-refractivity contribution is -0.126. The number of carbonyl (C=O) groups excluding carboxylic acids is 2. The summed E-state index contributed by atoms with van der Waals surface area (Å²) in [6, 6.07) is 8.32. The first-order valence-corrected chi connectivity index (χ1v) is 7.80. The predicted molar refractivity (Wildman–Crippen MR) is 88.4 cm³/mol. The number of aromatic hydroxyl groups is 1. The van der Waals surface area contributed by atoms with E-state index in [1.54, 1.807) is 21.7 Å². The van der Waals surface area contributed by atoms with E-state index >= 15 is 0 Å². The minimum atomic E-state index is -0.374. The SMILES string of the molecule is Cc1cc(CNC(=O)[C@H]2CC(=O)N(c3ccc(O)cc3)C2)n(C)n1. The Kier molecular flexibility index (Phi) is 4.24. The molecule has 0 radical (unpaired) electrons. The van der Waals surface area contributed by atoms with Crippen molar-refractivity contribution in [3.8, 4) is 5.75 Å². The van der Waals surface area contributed by atoms with Gasteiger partial charge in [-0.05, 0) is 37.3 Å². The number of anilines is 1. The lowest BCUT2D eigenvalue weighted by Crippen LogP contribution is -2.33. The van der Waals surface area contributed by atoms with Crippen molar-refractivity contribution in [1.82, 2.24) is 15.1 Å². The maximum absolute atomic E-state index is 12.4. The number of hydrogen-bond acceptors (Lipinski definition) is 4. The molecular weight excluding hydrogens is 308 g/mol. The molecular formula is C17H20N4O3. The number of nitrogens with one attached hydrogen (secondary N) is 1. The summed E-state index contributed by atoms with van der Waals surface area (Å²) in [5.74, 6) is -0.451. The molecule has 1 aliphatic rings. The number of phenols is 1. The van der Waals surface area contributed by atoms with E-state index in [9.17, 15) is 14.7 Å². The van der Waals surface area contributed by atoms with Gasteiger partial charge in [-0.2, -0.15) is 5.10 Å². The zero-order chi connectivity index (χ0) is 17.3. The Hall–Kier alpha value is -2.83. The molecule has 1 saturated heterocycles. The van der Waals surface area contributed by atoms with Gasteiger partial charge in [0.1, 0.15) is 5.75 Å². The van der Waals surface area contributed by atoms with Gasteiger partial charge in [0.05, 0.1) is 23.9 Å². The van der Waals surface area contributed by atoms with E-state index in [0.717, 1.165) is 11.4 Å². The van der Waals surface area contributed by atoms with Gasteiger partial charge in [0.25, 0.3) is 0 Å². The van der Waals surface area contributed by atoms with Crippen LogP contribution in [0.2, 0.25) is 0 Å². The molecule has 7 nitrogen and oxygen atoms in total. The van der Waals surface area contributed by atoms with Crippen molar-refractivity contribution >= 4 is 17.5 Å². The highest BCUT2D eigenvalue weighted by molar-refractivity contribution is 6.00. The highest BCUT2D eigenvalue weighted by atomic mass is 16.3. The maximum atomic E-state index is 12.4. The van der Waals surface area contributed by atoms with Crippen molar-refractivity contribution in [2.45, 2.75) is 19.9 Å². The van der Waals surface area contributed by atoms with Crippen LogP contribution in [0, 0.1) is 12.8 Å². The van der Waals surface area contributed by atoms with E-state index < -0.39 is 0 Å². The third-order valence-corrected chi connectivity index (χ3v) is 4.20. The van der Waals surface area contributed by atoms with Gasteiger partial charge in [-0.3, -0.25) is 14.3 Å². The van der Waals surface area contributed by atoms with Gasteiger partial charge in [-0.15, -0.1) is 0 Å². The van der Waals surface area contributed by atoms with Crippen LogP contribution in [-0.4, -0.2) is 33.2 Å². The second-order valence-electron chi connectivity index (χ2n) is 6.04. The fraction of sp³-hybridized carbons (Fsp3) is 0.353. The van der Waals surface area contributed by atoms with Crippen molar-refractivity contribution in [1.29, 1.82) is 0 Å². The van der Waals surface area contributed by atoms with Gasteiger partial charge >= 0.3 is 0 Å². The van der Waals surface area contributed by atoms with Crippen LogP contribution in [0.15, 0.2) is 30.3 Å². The van der Waals surface area contributed by atoms with E-state index in [-0.39, 0.29) is 29.9 Å². The summed E-state index contributed by atoms with van der Waals surface area (Å²) in [6.07, 6.45) is 0.192. The quantitative estimate of drug-likeness (QED) is 0.880. The first kappa shape index (κ1) is 16.0. The molecule has 1 atom stereocenters. The summed E-state index contributed by atoms with van der Waals surface area (Å²) < 4.78 is 1.73. The summed E-state index contributed by atoms with van der Waals surface area (Å²) in [5.41, 5.74) is 2.51. The van der Waals surface area contributed by atoms with Crippen molar-refractivity contribution in [2.24, 2.45) is 13.0 Å². The Labute approximate surface area is 139 Å². The molecule has 1 aromatic carbocycles. The molecule has 0 aliphatic carbocycles. The average Bonchev–Trinajstić information content (AvgIpc) is 3.08. The maximum Gasteiger partial charge on any atom is 0.227 e. The molecule has 0 saturated carbocycles. The molecule has 2 heterocycles. The van der Waals surface area contributed by atoms with Crippen LogP contribution in [0.1, 0.15) is 17.8 Å². The second kappa shape index (κ2) is 6.35. The normalized spacial score (nSPS) is 17.3. The van der Waals surface area contributed by atoms with Gasteiger partial charge in [0, 0.05) is 25.7 Å². The van der Waals surface area contributed by atoms with Crippen molar-refractivity contribution in [2.75, 3.05) is 11.4 Å². The topological polar surface area (TPSA) is 87.5 Å². The number of aromatic nitrogens is 2. The van der Waals surface area contributed by atoms with Crippen LogP contribution in [0.25, 0.3) is 0 Å². The number of hydrogen-bond donors (Lipinski definition) is 2. The van der Waals surface area contributed by atoms with Gasteiger partial charge in [0.2, 0.25) is 11.8 Å². The molecule has 7 heteroatoms. The van der Waals surface area contributed by atoms with Gasteiger partial charge in [0.15, 0.2) is 0 Å². The fourth-order valence-corrected chi connectivity index (χ4v) is 2.92. The molecule has 126 valence electrons. The Morgan fingerprint density at radius 1 is 1.38 bits per heavy atom. The standard InChI is InChI=1S/C17H20N4O3/c1-11-7-14(20(2)19-11)9-18-17(24)12-8-16(23)21(10-12)13-3-5-15(22)6-4-13/h3-7,12,22H,8-10H2,1-2H3,(H,18,24)/t12-/m0/s1. The largest absolute Gasteiger partial charge is 0.508 e. The first-order chi connectivity index (χ1) is 11.4. The summed E-state index contributed by atoms with van der Waals surface area (Å²) >= 11 is 0. The Bertz CT molecular complexity index is 767. The van der Waals surface area contributed by atoms with E-state index in [1.807, 2.05) is 20.0 Å². The molecule has 0 spiro atoms. The average molecular weight is 328 g/mol.